The smallest absolute Gasteiger partial charge is 0.191 e. The van der Waals surface area contributed by atoms with Crippen molar-refractivity contribution in [1.29, 1.82) is 0 Å². The van der Waals surface area contributed by atoms with E-state index in [0.717, 1.165) is 18.4 Å². The van der Waals surface area contributed by atoms with E-state index in [0.29, 0.717) is 12.1 Å². The molecule has 1 saturated carbocycles. The Morgan fingerprint density at radius 1 is 1.57 bits per heavy atom. The number of rotatable bonds is 3. The fourth-order valence-corrected chi connectivity index (χ4v) is 2.21. The summed E-state index contributed by atoms with van der Waals surface area (Å²) in [6.07, 6.45) is 5.42. The van der Waals surface area contributed by atoms with Crippen LogP contribution in [-0.4, -0.2) is 24.6 Å². The van der Waals surface area contributed by atoms with Gasteiger partial charge in [0.05, 0.1) is 6.54 Å². The van der Waals surface area contributed by atoms with Crippen LogP contribution < -0.4 is 10.6 Å². The molecular weight excluding hydrogens is 174 g/mol. The highest BCUT2D eigenvalue weighted by atomic mass is 15.2. The predicted molar refractivity (Wildman–Crippen MR) is 59.5 cm³/mol. The fraction of sp³-hybridized carbons (Fsp3) is 0.909. The van der Waals surface area contributed by atoms with Gasteiger partial charge in [-0.3, -0.25) is 4.99 Å². The van der Waals surface area contributed by atoms with Gasteiger partial charge in [-0.15, -0.1) is 0 Å². The van der Waals surface area contributed by atoms with Gasteiger partial charge in [-0.2, -0.15) is 0 Å². The molecule has 80 valence electrons. The maximum absolute atomic E-state index is 4.44. The summed E-state index contributed by atoms with van der Waals surface area (Å²) in [5, 5.41) is 6.90. The minimum atomic E-state index is 0.511. The van der Waals surface area contributed by atoms with Crippen molar-refractivity contribution in [2.24, 2.45) is 10.9 Å². The van der Waals surface area contributed by atoms with Gasteiger partial charge in [0.1, 0.15) is 0 Å². The molecule has 2 aliphatic rings. The lowest BCUT2D eigenvalue weighted by Gasteiger charge is -2.34. The molecule has 2 atom stereocenters. The van der Waals surface area contributed by atoms with Crippen LogP contribution in [0.15, 0.2) is 4.99 Å². The summed E-state index contributed by atoms with van der Waals surface area (Å²) in [5.74, 6) is 1.91. The van der Waals surface area contributed by atoms with Crippen LogP contribution in [0.3, 0.4) is 0 Å². The summed E-state index contributed by atoms with van der Waals surface area (Å²) in [7, 11) is 0. The molecule has 0 saturated heterocycles. The van der Waals surface area contributed by atoms with Gasteiger partial charge in [-0.1, -0.05) is 13.3 Å². The van der Waals surface area contributed by atoms with Crippen molar-refractivity contribution in [3.05, 3.63) is 0 Å². The largest absolute Gasteiger partial charge is 0.353 e. The van der Waals surface area contributed by atoms with E-state index in [1.807, 2.05) is 0 Å². The third kappa shape index (κ3) is 2.02. The Bertz CT molecular complexity index is 221. The second-order valence-electron chi connectivity index (χ2n) is 4.58. The molecule has 2 unspecified atom stereocenters. The Morgan fingerprint density at radius 2 is 2.36 bits per heavy atom. The lowest BCUT2D eigenvalue weighted by atomic mass is 9.79. The molecule has 0 spiro atoms. The van der Waals surface area contributed by atoms with Crippen LogP contribution in [0, 0.1) is 5.92 Å². The van der Waals surface area contributed by atoms with E-state index in [1.165, 1.54) is 25.7 Å². The molecule has 1 fully saturated rings. The van der Waals surface area contributed by atoms with Crippen LogP contribution >= 0.6 is 0 Å². The van der Waals surface area contributed by atoms with Gasteiger partial charge in [0, 0.05) is 12.1 Å². The quantitative estimate of drug-likeness (QED) is 0.716. The number of nitrogens with zero attached hydrogens (tertiary/aromatic N) is 1. The number of hydrogen-bond acceptors (Lipinski definition) is 3. The van der Waals surface area contributed by atoms with Gasteiger partial charge in [-0.05, 0) is 32.1 Å². The minimum absolute atomic E-state index is 0.511. The second kappa shape index (κ2) is 4.20. The van der Waals surface area contributed by atoms with Crippen LogP contribution in [-0.2, 0) is 0 Å². The van der Waals surface area contributed by atoms with Gasteiger partial charge in [0.15, 0.2) is 5.96 Å². The molecule has 2 N–H and O–H groups in total. The lowest BCUT2D eigenvalue weighted by Crippen LogP contribution is -2.47. The molecule has 1 aliphatic heterocycles. The topological polar surface area (TPSA) is 36.4 Å². The second-order valence-corrected chi connectivity index (χ2v) is 4.58. The molecule has 0 aromatic rings. The van der Waals surface area contributed by atoms with Crippen molar-refractivity contribution < 1.29 is 0 Å². The van der Waals surface area contributed by atoms with Crippen molar-refractivity contribution in [3.63, 3.8) is 0 Å². The van der Waals surface area contributed by atoms with Crippen LogP contribution in [0.1, 0.15) is 39.5 Å². The highest BCUT2D eigenvalue weighted by Crippen LogP contribution is 2.30. The zero-order chi connectivity index (χ0) is 9.97. The van der Waals surface area contributed by atoms with Crippen molar-refractivity contribution in [2.75, 3.05) is 6.54 Å². The Labute approximate surface area is 86.4 Å². The maximum Gasteiger partial charge on any atom is 0.191 e. The van der Waals surface area contributed by atoms with Crippen LogP contribution in [0.5, 0.6) is 0 Å². The SMILES string of the molecule is CCC(NC1=NCC(C)N1)C1CCC1. The van der Waals surface area contributed by atoms with Crippen molar-refractivity contribution in [1.82, 2.24) is 10.6 Å². The molecule has 0 aromatic heterocycles. The summed E-state index contributed by atoms with van der Waals surface area (Å²) in [6.45, 7) is 5.35. The zero-order valence-electron chi connectivity index (χ0n) is 9.21. The van der Waals surface area contributed by atoms with E-state index in [2.05, 4.69) is 29.5 Å². The average molecular weight is 195 g/mol. The van der Waals surface area contributed by atoms with E-state index >= 15 is 0 Å². The molecule has 0 radical (unpaired) electrons. The Morgan fingerprint density at radius 3 is 2.79 bits per heavy atom. The first-order valence-electron chi connectivity index (χ1n) is 5.87. The summed E-state index contributed by atoms with van der Waals surface area (Å²) in [4.78, 5) is 4.44. The number of guanidine groups is 1. The molecule has 3 heteroatoms. The number of nitrogens with one attached hydrogen (secondary N) is 2. The van der Waals surface area contributed by atoms with E-state index in [1.54, 1.807) is 0 Å². The molecule has 2 rings (SSSR count). The van der Waals surface area contributed by atoms with E-state index in [9.17, 15) is 0 Å². The van der Waals surface area contributed by atoms with Gasteiger partial charge >= 0.3 is 0 Å². The van der Waals surface area contributed by atoms with Gasteiger partial charge in [0.2, 0.25) is 0 Å². The number of hydrogen-bond donors (Lipinski definition) is 2. The normalized spacial score (nSPS) is 29.0. The predicted octanol–water partition coefficient (Wildman–Crippen LogP) is 1.50. The highest BCUT2D eigenvalue weighted by molar-refractivity contribution is 5.82. The van der Waals surface area contributed by atoms with Crippen molar-refractivity contribution in [3.8, 4) is 0 Å². The average Bonchev–Trinajstić information content (AvgIpc) is 2.47. The Hall–Kier alpha value is -0.730. The first kappa shape index (κ1) is 9.81. The summed E-state index contributed by atoms with van der Waals surface area (Å²) < 4.78 is 0. The first-order valence-corrected chi connectivity index (χ1v) is 5.87. The third-order valence-electron chi connectivity index (χ3n) is 3.39. The standard InChI is InChI=1S/C11H21N3/c1-3-10(9-5-4-6-9)14-11-12-7-8(2)13-11/h8-10H,3-7H2,1-2H3,(H2,12,13,14). The molecule has 0 bridgehead atoms. The van der Waals surface area contributed by atoms with Crippen molar-refractivity contribution >= 4 is 5.96 Å². The zero-order valence-corrected chi connectivity index (χ0v) is 9.21. The van der Waals surface area contributed by atoms with E-state index in [-0.39, 0.29) is 0 Å². The van der Waals surface area contributed by atoms with Gasteiger partial charge in [0.25, 0.3) is 0 Å². The summed E-state index contributed by atoms with van der Waals surface area (Å²) in [5.41, 5.74) is 0. The fourth-order valence-electron chi connectivity index (χ4n) is 2.21. The third-order valence-corrected chi connectivity index (χ3v) is 3.39. The monoisotopic (exact) mass is 195 g/mol. The molecule has 1 heterocycles. The highest BCUT2D eigenvalue weighted by Gasteiger charge is 2.27. The molecule has 0 amide bonds. The number of aliphatic imine (C=N–C) groups is 1. The Balaban J connectivity index is 1.82. The lowest BCUT2D eigenvalue weighted by molar-refractivity contribution is 0.241. The summed E-state index contributed by atoms with van der Waals surface area (Å²) in [6, 6.07) is 1.15. The Kier molecular flexibility index (Phi) is 2.94. The minimum Gasteiger partial charge on any atom is -0.353 e. The molecule has 0 aromatic carbocycles. The van der Waals surface area contributed by atoms with Gasteiger partial charge in [-0.25, -0.2) is 0 Å². The molecule has 3 nitrogen and oxygen atoms in total. The first-order chi connectivity index (χ1) is 6.79. The van der Waals surface area contributed by atoms with Gasteiger partial charge < -0.3 is 10.6 Å². The van der Waals surface area contributed by atoms with E-state index in [4.69, 9.17) is 0 Å². The molecule has 1 aliphatic carbocycles. The maximum atomic E-state index is 4.44. The summed E-state index contributed by atoms with van der Waals surface area (Å²) >= 11 is 0. The van der Waals surface area contributed by atoms with E-state index < -0.39 is 0 Å². The van der Waals surface area contributed by atoms with Crippen LogP contribution in [0.2, 0.25) is 0 Å². The van der Waals surface area contributed by atoms with Crippen LogP contribution in [0.25, 0.3) is 0 Å². The molecule has 14 heavy (non-hydrogen) atoms. The molecular formula is C11H21N3. The van der Waals surface area contributed by atoms with Crippen molar-refractivity contribution in [2.45, 2.75) is 51.6 Å². The van der Waals surface area contributed by atoms with Crippen LogP contribution in [0.4, 0.5) is 0 Å².